The lowest BCUT2D eigenvalue weighted by Gasteiger charge is -2.43. The largest absolute Gasteiger partial charge is 0.497 e. The molecule has 0 unspecified atom stereocenters. The molecule has 0 saturated carbocycles. The smallest absolute Gasteiger partial charge is 0.303 e. The minimum atomic E-state index is -3.37. The van der Waals surface area contributed by atoms with Crippen LogP contribution in [0.4, 0.5) is 5.82 Å². The average molecular weight is 1270 g/mol. The Hall–Kier alpha value is -9.74. The molecule has 2 fully saturated rings. The van der Waals surface area contributed by atoms with Gasteiger partial charge in [0, 0.05) is 31.9 Å². The monoisotopic (exact) mass is 1270 g/mol. The third-order valence-electron chi connectivity index (χ3n) is 16.5. The number of ether oxygens (including phenoxy) is 9. The van der Waals surface area contributed by atoms with Crippen molar-refractivity contribution >= 4 is 65.4 Å². The molecule has 7 aromatic carbocycles. The number of hydrogen-bond donors (Lipinski definition) is 0. The molecule has 9 aromatic rings. The fraction of sp³-hybridized carbons (Fsp3) is 0.278. The van der Waals surface area contributed by atoms with Gasteiger partial charge in [0.25, 0.3) is 20.1 Å². The molecule has 0 radical (unpaired) electrons. The minimum Gasteiger partial charge on any atom is -0.497 e. The summed E-state index contributed by atoms with van der Waals surface area (Å²) in [5.41, 5.74) is 1.12. The summed E-state index contributed by atoms with van der Waals surface area (Å²) >= 11 is 0. The summed E-state index contributed by atoms with van der Waals surface area (Å²) in [6, 6.07) is 60.9. The Bertz CT molecular complexity index is 3910. The molecule has 11 rings (SSSR count). The van der Waals surface area contributed by atoms with E-state index in [0.29, 0.717) is 28.2 Å². The van der Waals surface area contributed by atoms with Gasteiger partial charge in [-0.3, -0.25) is 28.5 Å². The van der Waals surface area contributed by atoms with E-state index in [-0.39, 0.29) is 41.3 Å². The van der Waals surface area contributed by atoms with E-state index in [0.717, 1.165) is 15.3 Å². The highest BCUT2D eigenvalue weighted by atomic mass is 28.4. The third kappa shape index (κ3) is 13.2. The Balaban J connectivity index is 1.04. The van der Waals surface area contributed by atoms with Crippen LogP contribution in [0.25, 0.3) is 11.2 Å². The van der Waals surface area contributed by atoms with E-state index in [4.69, 9.17) is 57.0 Å². The molecule has 93 heavy (non-hydrogen) atoms. The maximum absolute atomic E-state index is 14.7. The number of aromatic nitrogens is 4. The molecular formula is C72H71N5O15Si. The number of esters is 3. The molecule has 478 valence electrons. The lowest BCUT2D eigenvalue weighted by Crippen LogP contribution is -2.67. The summed E-state index contributed by atoms with van der Waals surface area (Å²) in [5, 5.41) is 1.40. The van der Waals surface area contributed by atoms with Crippen LogP contribution >= 0.6 is 0 Å². The molecule has 0 N–H and O–H groups in total. The van der Waals surface area contributed by atoms with Crippen molar-refractivity contribution in [3.05, 3.63) is 241 Å². The first-order chi connectivity index (χ1) is 44.9. The van der Waals surface area contributed by atoms with Crippen molar-refractivity contribution in [2.24, 2.45) is 0 Å². The van der Waals surface area contributed by atoms with Crippen molar-refractivity contribution in [3.8, 4) is 11.5 Å². The van der Waals surface area contributed by atoms with E-state index in [1.807, 2.05) is 140 Å². The van der Waals surface area contributed by atoms with Gasteiger partial charge in [-0.25, -0.2) is 19.9 Å². The van der Waals surface area contributed by atoms with Crippen molar-refractivity contribution in [2.75, 3.05) is 32.3 Å². The zero-order valence-corrected chi connectivity index (χ0v) is 53.6. The Morgan fingerprint density at radius 2 is 0.957 bits per heavy atom. The number of imidazole rings is 1. The maximum Gasteiger partial charge on any atom is 0.303 e. The normalized spacial score (nSPS) is 19.7. The number of imide groups is 1. The van der Waals surface area contributed by atoms with Gasteiger partial charge in [-0.15, -0.1) is 0 Å². The molecule has 4 heterocycles. The quantitative estimate of drug-likeness (QED) is 0.0202. The predicted molar refractivity (Wildman–Crippen MR) is 345 cm³/mol. The van der Waals surface area contributed by atoms with Gasteiger partial charge >= 0.3 is 17.9 Å². The first-order valence-electron chi connectivity index (χ1n) is 30.3. The first kappa shape index (κ1) is 64.8. The molecule has 2 saturated heterocycles. The highest BCUT2D eigenvalue weighted by Crippen LogP contribution is 2.46. The SMILES string of the molecule is COc1ccc(C(OC[C@H]2O[C@H](O[C@@H]3[C@H](OC(C)=O)[C@@H](CO[Si](c4ccccc4)(c4ccccc4)C(C)(C)C)O[C@H]3n3cnc4c(N(C(=O)c5ccccc5)C(=O)c5ccccc5)ncnc43)[C@H](OC(C)=O)[C@@H]2OC(C)=O)(c2ccccc2)c2ccc(OC)cc2)cc1. The summed E-state index contributed by atoms with van der Waals surface area (Å²) < 4.78 is 67.5. The number of rotatable bonds is 22. The molecule has 2 aromatic heterocycles. The van der Waals surface area contributed by atoms with Crippen LogP contribution in [0.3, 0.4) is 0 Å². The molecule has 0 bridgehead atoms. The number of hydrogen-bond acceptors (Lipinski definition) is 18. The lowest BCUT2D eigenvalue weighted by molar-refractivity contribution is -0.230. The molecule has 20 nitrogen and oxygen atoms in total. The van der Waals surface area contributed by atoms with Crippen LogP contribution < -0.4 is 24.7 Å². The minimum absolute atomic E-state index is 0.00196. The van der Waals surface area contributed by atoms with E-state index in [9.17, 15) is 24.0 Å². The fourth-order valence-corrected chi connectivity index (χ4v) is 17.0. The van der Waals surface area contributed by atoms with Crippen LogP contribution in [-0.2, 0) is 57.6 Å². The highest BCUT2D eigenvalue weighted by molar-refractivity contribution is 6.99. The van der Waals surface area contributed by atoms with Gasteiger partial charge in [0.1, 0.15) is 41.7 Å². The molecule has 21 heteroatoms. The van der Waals surface area contributed by atoms with Gasteiger partial charge < -0.3 is 47.1 Å². The highest BCUT2D eigenvalue weighted by Gasteiger charge is 2.58. The molecule has 2 aliphatic rings. The molecule has 0 spiro atoms. The van der Waals surface area contributed by atoms with Gasteiger partial charge in [0.2, 0.25) is 0 Å². The average Bonchev–Trinajstić information content (AvgIpc) is 1.42. The summed E-state index contributed by atoms with van der Waals surface area (Å²) in [6.45, 7) is 9.52. The second kappa shape index (κ2) is 28.0. The van der Waals surface area contributed by atoms with Gasteiger partial charge in [0.15, 0.2) is 47.8 Å². The number of benzene rings is 7. The van der Waals surface area contributed by atoms with Gasteiger partial charge in [0.05, 0.1) is 33.8 Å². The number of carbonyl (C=O) groups excluding carboxylic acids is 5. The number of carbonyl (C=O) groups is 5. The van der Waals surface area contributed by atoms with E-state index >= 15 is 0 Å². The Kier molecular flexibility index (Phi) is 19.5. The summed E-state index contributed by atoms with van der Waals surface area (Å²) in [7, 11) is -0.222. The van der Waals surface area contributed by atoms with E-state index in [1.54, 1.807) is 74.9 Å². The van der Waals surface area contributed by atoms with Crippen LogP contribution in [-0.4, -0.2) is 128 Å². The van der Waals surface area contributed by atoms with Crippen molar-refractivity contribution in [2.45, 2.75) is 101 Å². The number of anilines is 1. The molecule has 2 amide bonds. The van der Waals surface area contributed by atoms with E-state index < -0.39 is 97.8 Å². The summed E-state index contributed by atoms with van der Waals surface area (Å²) in [6.07, 6.45) is -8.55. The van der Waals surface area contributed by atoms with Crippen molar-refractivity contribution in [1.82, 2.24) is 19.5 Å². The zero-order chi connectivity index (χ0) is 65.4. The number of nitrogens with zero attached hydrogens (tertiary/aromatic N) is 5. The lowest BCUT2D eigenvalue weighted by atomic mass is 9.80. The van der Waals surface area contributed by atoms with Crippen LogP contribution in [0.5, 0.6) is 11.5 Å². The van der Waals surface area contributed by atoms with Crippen molar-refractivity contribution < 1.29 is 71.0 Å². The Labute approximate surface area is 539 Å². The van der Waals surface area contributed by atoms with Gasteiger partial charge in [-0.1, -0.05) is 172 Å². The number of amides is 2. The van der Waals surface area contributed by atoms with E-state index in [1.165, 1.54) is 38.0 Å². The Morgan fingerprint density at radius 3 is 1.43 bits per heavy atom. The molecule has 0 aliphatic carbocycles. The van der Waals surface area contributed by atoms with Crippen LogP contribution in [0.1, 0.15) is 85.2 Å². The second-order valence-corrected chi connectivity index (χ2v) is 27.7. The van der Waals surface area contributed by atoms with Crippen LogP contribution in [0.15, 0.2) is 213 Å². The van der Waals surface area contributed by atoms with E-state index in [2.05, 4.69) is 25.8 Å². The molecular weight excluding hydrogens is 1200 g/mol. The number of methoxy groups -OCH3 is 2. The van der Waals surface area contributed by atoms with Crippen molar-refractivity contribution in [3.63, 3.8) is 0 Å². The summed E-state index contributed by atoms with van der Waals surface area (Å²) in [5.74, 6) is -2.58. The standard InChI is InChI=1S/C72H71N5O15Si/c1-46(78)87-61-59(43-86-93(71(4,5)6,56-30-20-12-21-31-56)57-32-22-13-23-33-57)90-69(76-45-75-60-65(76)73-44-74-66(60)77(67(81)49-24-14-9-15-25-49)68(82)50-26-16-10-17-27-50)63(61)92-70-64(89-48(3)80)62(88-47(2)79)58(91-70)42-85-72(51-28-18-11-19-29-51,52-34-38-54(83-7)39-35-52)53-36-40-55(84-8)41-37-53/h9-41,44-45,58-59,61-64,69-70H,42-43H2,1-8H3/t58-,59-,61-,62-,63-,64-,69-,70-/m1/s1. The Morgan fingerprint density at radius 1 is 0.516 bits per heavy atom. The van der Waals surface area contributed by atoms with Gasteiger partial charge in [-0.2, -0.15) is 0 Å². The summed E-state index contributed by atoms with van der Waals surface area (Å²) in [4.78, 5) is 85.2. The fourth-order valence-electron chi connectivity index (χ4n) is 12.4. The van der Waals surface area contributed by atoms with Crippen molar-refractivity contribution in [1.29, 1.82) is 0 Å². The molecule has 8 atom stereocenters. The maximum atomic E-state index is 14.7. The predicted octanol–water partition coefficient (Wildman–Crippen LogP) is 9.72. The zero-order valence-electron chi connectivity index (χ0n) is 52.6. The topological polar surface area (TPSA) is 224 Å². The first-order valence-corrected chi connectivity index (χ1v) is 32.2. The third-order valence-corrected chi connectivity index (χ3v) is 21.5. The second-order valence-electron chi connectivity index (χ2n) is 23.4. The van der Waals surface area contributed by atoms with Crippen LogP contribution in [0.2, 0.25) is 5.04 Å². The number of fused-ring (bicyclic) bond motifs is 1. The van der Waals surface area contributed by atoms with Gasteiger partial charge in [-0.05, 0) is 80.6 Å². The van der Waals surface area contributed by atoms with Crippen LogP contribution in [0, 0.1) is 0 Å². The molecule has 2 aliphatic heterocycles.